The van der Waals surface area contributed by atoms with E-state index in [0.29, 0.717) is 41.9 Å². The van der Waals surface area contributed by atoms with Gasteiger partial charge in [-0.1, -0.05) is 36.4 Å². The molecule has 0 bridgehead atoms. The molecule has 0 spiro atoms. The molecule has 216 valence electrons. The number of hydrogen-bond donors (Lipinski definition) is 2. The van der Waals surface area contributed by atoms with Crippen LogP contribution in [-0.2, 0) is 19.2 Å². The second kappa shape index (κ2) is 10.5. The molecule has 3 fully saturated rings. The molecule has 2 saturated carbocycles. The monoisotopic (exact) mass is 594 g/mol. The molecule has 5 rings (SSSR count). The van der Waals surface area contributed by atoms with Crippen LogP contribution in [0.4, 0.5) is 14.5 Å². The molecule has 0 aromatic heterocycles. The van der Waals surface area contributed by atoms with E-state index < -0.39 is 63.5 Å². The third-order valence-corrected chi connectivity index (χ3v) is 10.6. The van der Waals surface area contributed by atoms with E-state index in [1.54, 1.807) is 43.2 Å². The largest absolute Gasteiger partial charge is 0.390 e. The van der Waals surface area contributed by atoms with Gasteiger partial charge in [0.05, 0.1) is 17.5 Å². The van der Waals surface area contributed by atoms with Crippen LogP contribution in [-0.4, -0.2) is 58.3 Å². The second-order valence-corrected chi connectivity index (χ2v) is 13.1. The number of carbonyl (C=O) groups excluding carboxylic acids is 3. The SMILES string of the molecule is CC12CC(O)C3(F)C(CC(F)C4=CC(=O)C=CC43C)C1CCCN(c1ccc(Cl)cc1)OC2C(=O)SCC(N)=O. The number of nitrogens with zero attached hydrogens (tertiary/aromatic N) is 1. The number of halogens is 3. The highest BCUT2D eigenvalue weighted by Gasteiger charge is 2.71. The Balaban J connectivity index is 1.57. The average Bonchev–Trinajstić information content (AvgIpc) is 2.89. The lowest BCUT2D eigenvalue weighted by atomic mass is 9.43. The van der Waals surface area contributed by atoms with Crippen LogP contribution in [0.3, 0.4) is 0 Å². The lowest BCUT2D eigenvalue weighted by molar-refractivity contribution is -0.229. The van der Waals surface area contributed by atoms with Gasteiger partial charge >= 0.3 is 0 Å². The summed E-state index contributed by atoms with van der Waals surface area (Å²) >= 11 is 6.78. The average molecular weight is 595 g/mol. The van der Waals surface area contributed by atoms with Crippen molar-refractivity contribution in [2.75, 3.05) is 17.4 Å². The molecule has 3 aliphatic carbocycles. The summed E-state index contributed by atoms with van der Waals surface area (Å²) in [5.74, 6) is -2.86. The van der Waals surface area contributed by atoms with Crippen LogP contribution < -0.4 is 10.8 Å². The van der Waals surface area contributed by atoms with Crippen LogP contribution in [0.25, 0.3) is 0 Å². The van der Waals surface area contributed by atoms with Crippen molar-refractivity contribution < 1.29 is 33.1 Å². The van der Waals surface area contributed by atoms with Gasteiger partial charge in [-0.15, -0.1) is 0 Å². The van der Waals surface area contributed by atoms with Crippen LogP contribution in [0.1, 0.15) is 39.5 Å². The third kappa shape index (κ3) is 4.61. The number of aliphatic hydroxyl groups is 1. The maximum absolute atomic E-state index is 17.5. The van der Waals surface area contributed by atoms with Gasteiger partial charge in [-0.05, 0) is 80.5 Å². The van der Waals surface area contributed by atoms with E-state index >= 15 is 8.78 Å². The van der Waals surface area contributed by atoms with Crippen molar-refractivity contribution in [1.29, 1.82) is 0 Å². The molecule has 7 nitrogen and oxygen atoms in total. The molecular weight excluding hydrogens is 562 g/mol. The van der Waals surface area contributed by atoms with E-state index in [4.69, 9.17) is 22.2 Å². The predicted octanol–water partition coefficient (Wildman–Crippen LogP) is 4.51. The van der Waals surface area contributed by atoms with Crippen LogP contribution in [0.5, 0.6) is 0 Å². The molecule has 1 aliphatic heterocycles. The fourth-order valence-corrected chi connectivity index (χ4v) is 8.38. The zero-order valence-corrected chi connectivity index (χ0v) is 23.9. The van der Waals surface area contributed by atoms with Crippen LogP contribution in [0.15, 0.2) is 48.1 Å². The second-order valence-electron chi connectivity index (χ2n) is 11.7. The zero-order valence-electron chi connectivity index (χ0n) is 22.3. The Labute approximate surface area is 241 Å². The quantitative estimate of drug-likeness (QED) is 0.528. The standard InChI is InChI=1S/C29H33ClF2N2O5S/c1-27-14-23(36)29(32)20(13-22(31)21-12-18(35)9-10-28(21,29)2)19(27)4-3-11-34(17-7-5-16(30)6-8-17)39-25(27)26(38)40-15-24(33)37/h5-10,12,19-20,22-23,25,36H,3-4,11,13-15H2,1-2H3,(H2,33,37). The number of aliphatic hydroxyl groups excluding tert-OH is 1. The molecule has 1 amide bonds. The van der Waals surface area contributed by atoms with Gasteiger partial charge in [-0.25, -0.2) is 8.78 Å². The highest BCUT2D eigenvalue weighted by Crippen LogP contribution is 2.66. The van der Waals surface area contributed by atoms with E-state index in [-0.39, 0.29) is 24.2 Å². The number of rotatable bonds is 4. The number of carbonyl (C=O) groups is 3. The summed E-state index contributed by atoms with van der Waals surface area (Å²) in [5, 5.41) is 13.2. The van der Waals surface area contributed by atoms with Crippen molar-refractivity contribution in [3.63, 3.8) is 0 Å². The molecule has 1 heterocycles. The zero-order chi connectivity index (χ0) is 29.0. The fraction of sp³-hybridized carbons (Fsp3) is 0.552. The Hall–Kier alpha value is -2.27. The van der Waals surface area contributed by atoms with E-state index in [0.717, 1.165) is 6.08 Å². The minimum atomic E-state index is -2.27. The highest BCUT2D eigenvalue weighted by atomic mass is 35.5. The molecule has 0 radical (unpaired) electrons. The van der Waals surface area contributed by atoms with E-state index in [9.17, 15) is 19.5 Å². The first-order valence-corrected chi connectivity index (χ1v) is 14.8. The number of ketones is 1. The molecule has 1 aromatic rings. The molecule has 4 aliphatic rings. The van der Waals surface area contributed by atoms with Crippen LogP contribution in [0, 0.1) is 22.7 Å². The molecule has 1 aromatic carbocycles. The van der Waals surface area contributed by atoms with Crippen LogP contribution in [0.2, 0.25) is 5.02 Å². The Morgan fingerprint density at radius 3 is 2.62 bits per heavy atom. The van der Waals surface area contributed by atoms with Crippen molar-refractivity contribution in [3.05, 3.63) is 53.1 Å². The van der Waals surface area contributed by atoms with E-state index in [1.165, 1.54) is 12.2 Å². The number of thioether (sulfide) groups is 1. The number of nitrogens with two attached hydrogens (primary N) is 1. The van der Waals surface area contributed by atoms with Gasteiger partial charge in [0.25, 0.3) is 0 Å². The summed E-state index contributed by atoms with van der Waals surface area (Å²) in [7, 11) is 0. The van der Waals surface area contributed by atoms with Gasteiger partial charge in [0, 0.05) is 28.3 Å². The first-order chi connectivity index (χ1) is 18.8. The minimum absolute atomic E-state index is 0.0436. The number of benzene rings is 1. The molecule has 8 atom stereocenters. The maximum atomic E-state index is 17.5. The first-order valence-electron chi connectivity index (χ1n) is 13.4. The van der Waals surface area contributed by atoms with Crippen molar-refractivity contribution in [2.45, 2.75) is 63.6 Å². The summed E-state index contributed by atoms with van der Waals surface area (Å²) in [6.45, 7) is 3.68. The van der Waals surface area contributed by atoms with Crippen molar-refractivity contribution in [3.8, 4) is 0 Å². The molecular formula is C29H33ClF2N2O5S. The van der Waals surface area contributed by atoms with Crippen molar-refractivity contribution in [1.82, 2.24) is 0 Å². The fourth-order valence-electron chi connectivity index (χ4n) is 7.51. The molecule has 40 heavy (non-hydrogen) atoms. The lowest BCUT2D eigenvalue weighted by Gasteiger charge is -2.64. The number of fused-ring (bicyclic) bond motifs is 5. The third-order valence-electron chi connectivity index (χ3n) is 9.46. The van der Waals surface area contributed by atoms with Crippen LogP contribution >= 0.6 is 23.4 Å². The van der Waals surface area contributed by atoms with Gasteiger partial charge in [0.1, 0.15) is 6.17 Å². The number of anilines is 1. The Morgan fingerprint density at radius 1 is 1.25 bits per heavy atom. The molecule has 3 N–H and O–H groups in total. The Bertz CT molecular complexity index is 1280. The topological polar surface area (TPSA) is 110 Å². The Kier molecular flexibility index (Phi) is 7.70. The number of alkyl halides is 2. The smallest absolute Gasteiger partial charge is 0.227 e. The van der Waals surface area contributed by atoms with Gasteiger partial charge in [0.15, 0.2) is 17.6 Å². The van der Waals surface area contributed by atoms with Gasteiger partial charge in [-0.3, -0.25) is 24.3 Å². The predicted molar refractivity (Wildman–Crippen MR) is 149 cm³/mol. The summed E-state index contributed by atoms with van der Waals surface area (Å²) in [6.07, 6.45) is 0.0393. The number of primary amides is 1. The molecule has 8 unspecified atom stereocenters. The summed E-state index contributed by atoms with van der Waals surface area (Å²) in [6, 6.07) is 6.90. The van der Waals surface area contributed by atoms with E-state index in [2.05, 4.69) is 0 Å². The number of hydrogen-bond acceptors (Lipinski definition) is 7. The summed E-state index contributed by atoms with van der Waals surface area (Å²) in [5.41, 5.74) is 1.10. The lowest BCUT2D eigenvalue weighted by Crippen LogP contribution is -2.70. The minimum Gasteiger partial charge on any atom is -0.390 e. The Morgan fingerprint density at radius 2 is 1.95 bits per heavy atom. The van der Waals surface area contributed by atoms with Gasteiger partial charge < -0.3 is 10.8 Å². The highest BCUT2D eigenvalue weighted by molar-refractivity contribution is 8.14. The van der Waals surface area contributed by atoms with Crippen molar-refractivity contribution >= 4 is 45.9 Å². The van der Waals surface area contributed by atoms with Gasteiger partial charge in [0.2, 0.25) is 11.0 Å². The number of allylic oxidation sites excluding steroid dienone is 4. The number of amides is 1. The first kappa shape index (κ1) is 29.2. The summed E-state index contributed by atoms with van der Waals surface area (Å²) < 4.78 is 33.3. The van der Waals surface area contributed by atoms with Gasteiger partial charge in [-0.2, -0.15) is 0 Å². The molecule has 11 heteroatoms. The summed E-state index contributed by atoms with van der Waals surface area (Å²) in [4.78, 5) is 43.7. The van der Waals surface area contributed by atoms with Crippen molar-refractivity contribution in [2.24, 2.45) is 28.4 Å². The number of hydroxylamine groups is 1. The van der Waals surface area contributed by atoms with E-state index in [1.807, 2.05) is 0 Å². The molecule has 1 saturated heterocycles. The maximum Gasteiger partial charge on any atom is 0.227 e. The normalized spacial score (nSPS) is 39.2.